The molecule has 4 rings (SSSR count). The number of alkyl halides is 1. The number of fused-ring (bicyclic) bond motifs is 5. The van der Waals surface area contributed by atoms with Gasteiger partial charge in [0.1, 0.15) is 6.17 Å². The van der Waals surface area contributed by atoms with Crippen LogP contribution in [0.4, 0.5) is 9.18 Å². The third-order valence-corrected chi connectivity index (χ3v) is 8.91. The molecule has 2 N–H and O–H groups in total. The van der Waals surface area contributed by atoms with Gasteiger partial charge in [0, 0.05) is 22.7 Å². The molecule has 7 nitrogen and oxygen atoms in total. The van der Waals surface area contributed by atoms with Crippen LogP contribution in [-0.2, 0) is 19.1 Å². The number of hydrogen-bond acceptors (Lipinski definition) is 6. The number of ketones is 1. The van der Waals surface area contributed by atoms with Crippen LogP contribution in [0.15, 0.2) is 23.8 Å². The average Bonchev–Trinajstić information content (AvgIpc) is 2.90. The number of ether oxygens (including phenoxy) is 2. The monoisotopic (exact) mass is 464 g/mol. The van der Waals surface area contributed by atoms with Crippen LogP contribution in [-0.4, -0.2) is 52.1 Å². The van der Waals surface area contributed by atoms with Gasteiger partial charge in [-0.2, -0.15) is 0 Å². The molecule has 3 saturated carbocycles. The van der Waals surface area contributed by atoms with Crippen molar-refractivity contribution in [2.75, 3.05) is 0 Å². The summed E-state index contributed by atoms with van der Waals surface area (Å²) in [5.41, 5.74) is -3.49. The molecule has 182 valence electrons. The standard InChI is InChI=1S/C25H33FO7/c1-12(2)32-22(31)33-25(21(29)30)13(3)8-16-15-10-18(26)17-9-14(27)6-7-23(17,4)20(15)19(28)11-24(16,25)5/h6-7,9,12-13,15-16,18-20,28H,8,10-11H2,1-5H3,(H,29,30)/t13-,15+,16+,18+,19+,20-,23+,24+,25+/m1/s1. The van der Waals surface area contributed by atoms with Crippen LogP contribution in [0, 0.1) is 34.5 Å². The van der Waals surface area contributed by atoms with E-state index >= 15 is 4.39 Å². The van der Waals surface area contributed by atoms with E-state index in [4.69, 9.17) is 9.47 Å². The highest BCUT2D eigenvalue weighted by Crippen LogP contribution is 2.69. The number of halogens is 1. The van der Waals surface area contributed by atoms with Crippen LogP contribution >= 0.6 is 0 Å². The summed E-state index contributed by atoms with van der Waals surface area (Å²) < 4.78 is 26.2. The Kier molecular flexibility index (Phi) is 5.55. The molecule has 0 aromatic carbocycles. The third kappa shape index (κ3) is 3.20. The van der Waals surface area contributed by atoms with Gasteiger partial charge in [-0.15, -0.1) is 0 Å². The van der Waals surface area contributed by atoms with E-state index in [1.54, 1.807) is 33.8 Å². The zero-order chi connectivity index (χ0) is 24.5. The summed E-state index contributed by atoms with van der Waals surface area (Å²) in [4.78, 5) is 37.2. The normalized spacial score (nSPS) is 46.2. The Bertz CT molecular complexity index is 941. The van der Waals surface area contributed by atoms with Crippen molar-refractivity contribution in [3.05, 3.63) is 23.8 Å². The van der Waals surface area contributed by atoms with Gasteiger partial charge in [0.25, 0.3) is 0 Å². The van der Waals surface area contributed by atoms with Gasteiger partial charge in [-0.3, -0.25) is 4.79 Å². The minimum Gasteiger partial charge on any atom is -0.478 e. The highest BCUT2D eigenvalue weighted by Gasteiger charge is 2.74. The average molecular weight is 465 g/mol. The van der Waals surface area contributed by atoms with Crippen molar-refractivity contribution in [2.45, 2.75) is 77.9 Å². The highest BCUT2D eigenvalue weighted by atomic mass is 19.1. The summed E-state index contributed by atoms with van der Waals surface area (Å²) in [5, 5.41) is 21.8. The van der Waals surface area contributed by atoms with Gasteiger partial charge in [0.05, 0.1) is 12.2 Å². The molecular weight excluding hydrogens is 431 g/mol. The maximum Gasteiger partial charge on any atom is 0.509 e. The van der Waals surface area contributed by atoms with Gasteiger partial charge in [0.15, 0.2) is 5.78 Å². The van der Waals surface area contributed by atoms with E-state index in [0.29, 0.717) is 12.0 Å². The van der Waals surface area contributed by atoms with Gasteiger partial charge in [-0.1, -0.05) is 26.8 Å². The van der Waals surface area contributed by atoms with E-state index in [-0.39, 0.29) is 36.4 Å². The number of carbonyl (C=O) groups is 3. The number of carbonyl (C=O) groups excluding carboxylic acids is 2. The van der Waals surface area contributed by atoms with Gasteiger partial charge < -0.3 is 19.7 Å². The second-order valence-corrected chi connectivity index (χ2v) is 11.0. The minimum atomic E-state index is -1.91. The van der Waals surface area contributed by atoms with Crippen molar-refractivity contribution in [1.29, 1.82) is 0 Å². The Balaban J connectivity index is 1.78. The molecule has 0 saturated heterocycles. The van der Waals surface area contributed by atoms with Crippen LogP contribution in [0.25, 0.3) is 0 Å². The largest absolute Gasteiger partial charge is 0.509 e. The summed E-state index contributed by atoms with van der Waals surface area (Å²) in [6.45, 7) is 8.59. The molecule has 0 unspecified atom stereocenters. The molecule has 4 aliphatic rings. The molecule has 0 amide bonds. The van der Waals surface area contributed by atoms with Crippen LogP contribution in [0.2, 0.25) is 0 Å². The Labute approximate surface area is 193 Å². The number of aliphatic hydroxyl groups is 1. The summed E-state index contributed by atoms with van der Waals surface area (Å²) >= 11 is 0. The molecule has 9 atom stereocenters. The Hall–Kier alpha value is -2.22. The first-order valence-electron chi connectivity index (χ1n) is 11.7. The zero-order valence-electron chi connectivity index (χ0n) is 19.7. The lowest BCUT2D eigenvalue weighted by molar-refractivity contribution is -0.204. The van der Waals surface area contributed by atoms with Gasteiger partial charge in [-0.25, -0.2) is 14.0 Å². The first-order valence-corrected chi connectivity index (χ1v) is 11.7. The van der Waals surface area contributed by atoms with E-state index in [1.165, 1.54) is 12.2 Å². The zero-order valence-corrected chi connectivity index (χ0v) is 19.7. The second-order valence-electron chi connectivity index (χ2n) is 11.0. The van der Waals surface area contributed by atoms with Crippen molar-refractivity contribution in [3.63, 3.8) is 0 Å². The summed E-state index contributed by atoms with van der Waals surface area (Å²) in [5.74, 6) is -3.14. The SMILES string of the molecule is CC(C)OC(=O)O[C@]1(C(=O)O)[C@H](C)C[C@H]2[C@@H]3C[C@H](F)C4=CC(=O)C=C[C@]4(C)[C@H]3[C@@H](O)C[C@@]21C. The fourth-order valence-corrected chi connectivity index (χ4v) is 7.72. The first kappa shape index (κ1) is 23.9. The second kappa shape index (κ2) is 7.65. The van der Waals surface area contributed by atoms with E-state index in [2.05, 4.69) is 0 Å². The molecule has 0 aromatic rings. The molecule has 3 fully saturated rings. The number of aliphatic carboxylic acids is 1. The number of hydrogen-bond donors (Lipinski definition) is 2. The first-order chi connectivity index (χ1) is 15.3. The summed E-state index contributed by atoms with van der Waals surface area (Å²) in [6.07, 6.45) is 1.14. The number of carboxylic acid groups (broad SMARTS) is 1. The molecule has 0 heterocycles. The van der Waals surface area contributed by atoms with Crippen molar-refractivity contribution in [1.82, 2.24) is 0 Å². The molecule has 0 aromatic heterocycles. The summed E-state index contributed by atoms with van der Waals surface area (Å²) in [6, 6.07) is 0. The molecule has 0 spiro atoms. The predicted molar refractivity (Wildman–Crippen MR) is 116 cm³/mol. The smallest absolute Gasteiger partial charge is 0.478 e. The molecular formula is C25H33FO7. The highest BCUT2D eigenvalue weighted by molar-refractivity contribution is 6.01. The molecule has 33 heavy (non-hydrogen) atoms. The van der Waals surface area contributed by atoms with Crippen molar-refractivity contribution in [3.8, 4) is 0 Å². The molecule has 0 bridgehead atoms. The van der Waals surface area contributed by atoms with Crippen LogP contribution in [0.1, 0.15) is 53.9 Å². The number of allylic oxidation sites excluding steroid dienone is 4. The van der Waals surface area contributed by atoms with Crippen LogP contribution < -0.4 is 0 Å². The number of rotatable bonds is 3. The van der Waals surface area contributed by atoms with Crippen LogP contribution in [0.5, 0.6) is 0 Å². The van der Waals surface area contributed by atoms with Gasteiger partial charge in [-0.05, 0) is 62.7 Å². The quantitative estimate of drug-likeness (QED) is 0.611. The van der Waals surface area contributed by atoms with E-state index < -0.39 is 52.9 Å². The van der Waals surface area contributed by atoms with Crippen LogP contribution in [0.3, 0.4) is 0 Å². The molecule has 8 heteroatoms. The third-order valence-electron chi connectivity index (χ3n) is 8.91. The summed E-state index contributed by atoms with van der Waals surface area (Å²) in [7, 11) is 0. The Morgan fingerprint density at radius 1 is 1.24 bits per heavy atom. The lowest BCUT2D eigenvalue weighted by atomic mass is 9.46. The van der Waals surface area contributed by atoms with Gasteiger partial charge in [0.2, 0.25) is 5.60 Å². The fraction of sp³-hybridized carbons (Fsp3) is 0.720. The number of carboxylic acids is 1. The fourth-order valence-electron chi connectivity index (χ4n) is 7.72. The minimum absolute atomic E-state index is 0.0754. The van der Waals surface area contributed by atoms with Crippen molar-refractivity contribution >= 4 is 17.9 Å². The predicted octanol–water partition coefficient (Wildman–Crippen LogP) is 3.84. The lowest BCUT2D eigenvalue weighted by Gasteiger charge is -2.59. The maximum atomic E-state index is 15.5. The molecule has 0 radical (unpaired) electrons. The maximum absolute atomic E-state index is 15.5. The van der Waals surface area contributed by atoms with Crippen molar-refractivity contribution < 1.29 is 38.5 Å². The lowest BCUT2D eigenvalue weighted by Crippen LogP contribution is -2.64. The molecule has 4 aliphatic carbocycles. The topological polar surface area (TPSA) is 110 Å². The molecule has 0 aliphatic heterocycles. The van der Waals surface area contributed by atoms with E-state index in [9.17, 15) is 24.6 Å². The van der Waals surface area contributed by atoms with E-state index in [0.717, 1.165) is 0 Å². The Morgan fingerprint density at radius 3 is 2.52 bits per heavy atom. The number of aliphatic hydroxyl groups excluding tert-OH is 1. The van der Waals surface area contributed by atoms with E-state index in [1.807, 2.05) is 6.92 Å². The van der Waals surface area contributed by atoms with Gasteiger partial charge >= 0.3 is 12.1 Å². The van der Waals surface area contributed by atoms with Crippen molar-refractivity contribution in [2.24, 2.45) is 34.5 Å². The Morgan fingerprint density at radius 2 is 1.91 bits per heavy atom.